The maximum Gasteiger partial charge on any atom is 0.339 e. The highest BCUT2D eigenvalue weighted by Crippen LogP contribution is 2.31. The van der Waals surface area contributed by atoms with Crippen LogP contribution >= 0.6 is 0 Å². The molecule has 0 saturated heterocycles. The predicted molar refractivity (Wildman–Crippen MR) is 117 cm³/mol. The Labute approximate surface area is 180 Å². The molecule has 1 heterocycles. The monoisotopic (exact) mass is 420 g/mol. The zero-order chi connectivity index (χ0) is 22.0. The van der Waals surface area contributed by atoms with Crippen LogP contribution in [0.5, 0.6) is 11.5 Å². The minimum Gasteiger partial charge on any atom is -0.493 e. The number of nitrogens with one attached hydrogen (secondary N) is 1. The predicted octanol–water partition coefficient (Wildman–Crippen LogP) is 3.92. The van der Waals surface area contributed by atoms with Gasteiger partial charge in [-0.05, 0) is 49.9 Å². The Morgan fingerprint density at radius 2 is 1.81 bits per heavy atom. The van der Waals surface area contributed by atoms with Gasteiger partial charge in [0.15, 0.2) is 17.6 Å². The number of anilines is 1. The molecule has 3 aromatic rings. The molecule has 0 bridgehead atoms. The molecule has 0 saturated carbocycles. The number of fused-ring (bicyclic) bond motifs is 2. The summed E-state index contributed by atoms with van der Waals surface area (Å²) in [7, 11) is 3.06. The number of benzene rings is 2. The van der Waals surface area contributed by atoms with Crippen molar-refractivity contribution in [2.75, 3.05) is 19.5 Å². The van der Waals surface area contributed by atoms with Crippen molar-refractivity contribution in [1.82, 2.24) is 4.98 Å². The molecule has 1 aromatic heterocycles. The first-order valence-corrected chi connectivity index (χ1v) is 10.2. The molecule has 1 aliphatic carbocycles. The van der Waals surface area contributed by atoms with E-state index in [1.807, 2.05) is 24.3 Å². The lowest BCUT2D eigenvalue weighted by Gasteiger charge is -2.17. The number of methoxy groups -OCH3 is 2. The van der Waals surface area contributed by atoms with Gasteiger partial charge in [-0.3, -0.25) is 9.78 Å². The molecule has 0 radical (unpaired) electrons. The van der Waals surface area contributed by atoms with E-state index < -0.39 is 18.0 Å². The molecule has 0 spiro atoms. The summed E-state index contributed by atoms with van der Waals surface area (Å²) in [5.41, 5.74) is 3.66. The van der Waals surface area contributed by atoms with Crippen LogP contribution in [0, 0.1) is 0 Å². The summed E-state index contributed by atoms with van der Waals surface area (Å²) in [6.07, 6.45) is 1.60. The second-order valence-corrected chi connectivity index (χ2v) is 7.39. The number of ether oxygens (including phenoxy) is 3. The van der Waals surface area contributed by atoms with Crippen molar-refractivity contribution < 1.29 is 23.8 Å². The van der Waals surface area contributed by atoms with Crippen molar-refractivity contribution in [1.29, 1.82) is 0 Å². The SMILES string of the molecule is COc1ccc(NC(=O)[C@H](C)OC(=O)c2c3c(nc4ccccc24)CCC3)cc1OC. The van der Waals surface area contributed by atoms with E-state index in [2.05, 4.69) is 5.32 Å². The van der Waals surface area contributed by atoms with Gasteiger partial charge in [0.25, 0.3) is 5.91 Å². The average molecular weight is 420 g/mol. The minimum atomic E-state index is -0.982. The quantitative estimate of drug-likeness (QED) is 0.608. The number of rotatable bonds is 6. The van der Waals surface area contributed by atoms with Crippen LogP contribution in [0.2, 0.25) is 0 Å². The molecule has 31 heavy (non-hydrogen) atoms. The van der Waals surface area contributed by atoms with Gasteiger partial charge in [0.1, 0.15) is 0 Å². The molecule has 1 aliphatic rings. The summed E-state index contributed by atoms with van der Waals surface area (Å²) in [6.45, 7) is 1.55. The highest BCUT2D eigenvalue weighted by molar-refractivity contribution is 6.06. The van der Waals surface area contributed by atoms with E-state index in [-0.39, 0.29) is 0 Å². The van der Waals surface area contributed by atoms with E-state index in [1.54, 1.807) is 25.1 Å². The standard InChI is InChI=1S/C24H24N2O5/c1-14(23(27)25-15-11-12-20(29-2)21(13-15)30-3)31-24(28)22-16-7-4-5-9-18(16)26-19-10-6-8-17(19)22/h4-5,7,9,11-14H,6,8,10H2,1-3H3,(H,25,27)/t14-/m0/s1. The van der Waals surface area contributed by atoms with E-state index in [1.165, 1.54) is 14.2 Å². The summed E-state index contributed by atoms with van der Waals surface area (Å²) >= 11 is 0. The first-order chi connectivity index (χ1) is 15.0. The number of para-hydroxylation sites is 1. The van der Waals surface area contributed by atoms with Crippen LogP contribution < -0.4 is 14.8 Å². The first kappa shape index (κ1) is 20.7. The van der Waals surface area contributed by atoms with Gasteiger partial charge in [0.05, 0.1) is 25.3 Å². The number of aromatic nitrogens is 1. The normalized spacial score (nSPS) is 13.4. The number of esters is 1. The molecule has 0 aliphatic heterocycles. The first-order valence-electron chi connectivity index (χ1n) is 10.2. The van der Waals surface area contributed by atoms with E-state index in [4.69, 9.17) is 19.2 Å². The fourth-order valence-electron chi connectivity index (χ4n) is 3.87. The second kappa shape index (κ2) is 8.63. The van der Waals surface area contributed by atoms with Crippen LogP contribution in [-0.2, 0) is 22.4 Å². The lowest BCUT2D eigenvalue weighted by molar-refractivity contribution is -0.123. The molecule has 1 amide bonds. The summed E-state index contributed by atoms with van der Waals surface area (Å²) in [6, 6.07) is 12.5. The summed E-state index contributed by atoms with van der Waals surface area (Å²) in [5, 5.41) is 3.50. The third-order valence-electron chi connectivity index (χ3n) is 5.43. The summed E-state index contributed by atoms with van der Waals surface area (Å²) in [5.74, 6) is 0.101. The van der Waals surface area contributed by atoms with Crippen molar-refractivity contribution in [3.05, 3.63) is 59.3 Å². The van der Waals surface area contributed by atoms with Crippen molar-refractivity contribution in [3.63, 3.8) is 0 Å². The Kier molecular flexibility index (Phi) is 5.75. The van der Waals surface area contributed by atoms with Crippen molar-refractivity contribution in [2.24, 2.45) is 0 Å². The highest BCUT2D eigenvalue weighted by atomic mass is 16.5. The van der Waals surface area contributed by atoms with Gasteiger partial charge < -0.3 is 19.5 Å². The molecule has 7 nitrogen and oxygen atoms in total. The smallest absolute Gasteiger partial charge is 0.339 e. The zero-order valence-electron chi connectivity index (χ0n) is 17.7. The Hall–Kier alpha value is -3.61. The van der Waals surface area contributed by atoms with Gasteiger partial charge >= 0.3 is 5.97 Å². The molecule has 7 heteroatoms. The van der Waals surface area contributed by atoms with Crippen molar-refractivity contribution in [3.8, 4) is 11.5 Å². The number of aryl methyl sites for hydroxylation is 1. The third-order valence-corrected chi connectivity index (χ3v) is 5.43. The molecular formula is C24H24N2O5. The number of carbonyl (C=O) groups excluding carboxylic acids is 2. The Morgan fingerprint density at radius 3 is 2.58 bits per heavy atom. The number of pyridine rings is 1. The second-order valence-electron chi connectivity index (χ2n) is 7.39. The molecule has 4 rings (SSSR count). The van der Waals surface area contributed by atoms with Gasteiger partial charge in [-0.25, -0.2) is 4.79 Å². The fraction of sp³-hybridized carbons (Fsp3) is 0.292. The van der Waals surface area contributed by atoms with Crippen molar-refractivity contribution >= 4 is 28.5 Å². The van der Waals surface area contributed by atoms with Crippen molar-refractivity contribution in [2.45, 2.75) is 32.3 Å². The van der Waals surface area contributed by atoms with Gasteiger partial charge in [-0.15, -0.1) is 0 Å². The maximum atomic E-state index is 13.1. The number of hydrogen-bond donors (Lipinski definition) is 1. The number of nitrogens with zero attached hydrogens (tertiary/aromatic N) is 1. The van der Waals surface area contributed by atoms with Gasteiger partial charge in [-0.2, -0.15) is 0 Å². The number of hydrogen-bond acceptors (Lipinski definition) is 6. The van der Waals surface area contributed by atoms with Crippen LogP contribution in [0.1, 0.15) is 35.0 Å². The number of carbonyl (C=O) groups is 2. The van der Waals surface area contributed by atoms with Crippen LogP contribution in [0.25, 0.3) is 10.9 Å². The van der Waals surface area contributed by atoms with E-state index in [0.717, 1.165) is 41.4 Å². The third kappa shape index (κ3) is 4.03. The maximum absolute atomic E-state index is 13.1. The van der Waals surface area contributed by atoms with Crippen LogP contribution in [-0.4, -0.2) is 37.2 Å². The molecule has 1 N–H and O–H groups in total. The van der Waals surface area contributed by atoms with Crippen LogP contribution in [0.3, 0.4) is 0 Å². The van der Waals surface area contributed by atoms with Crippen LogP contribution in [0.15, 0.2) is 42.5 Å². The number of amides is 1. The molecular weight excluding hydrogens is 396 g/mol. The Morgan fingerprint density at radius 1 is 1.03 bits per heavy atom. The average Bonchev–Trinajstić information content (AvgIpc) is 3.24. The summed E-state index contributed by atoms with van der Waals surface area (Å²) in [4.78, 5) is 30.5. The van der Waals surface area contributed by atoms with Gasteiger partial charge in [0.2, 0.25) is 0 Å². The molecule has 1 atom stereocenters. The minimum absolute atomic E-state index is 0.435. The topological polar surface area (TPSA) is 86.8 Å². The largest absolute Gasteiger partial charge is 0.493 e. The van der Waals surface area contributed by atoms with Gasteiger partial charge in [0, 0.05) is 22.8 Å². The molecule has 160 valence electrons. The van der Waals surface area contributed by atoms with Gasteiger partial charge in [-0.1, -0.05) is 18.2 Å². The highest BCUT2D eigenvalue weighted by Gasteiger charge is 2.27. The molecule has 0 unspecified atom stereocenters. The van der Waals surface area contributed by atoms with E-state index in [0.29, 0.717) is 22.7 Å². The zero-order valence-corrected chi connectivity index (χ0v) is 17.7. The fourth-order valence-corrected chi connectivity index (χ4v) is 3.87. The van der Waals surface area contributed by atoms with E-state index >= 15 is 0 Å². The lowest BCUT2D eigenvalue weighted by Crippen LogP contribution is -2.30. The van der Waals surface area contributed by atoms with E-state index in [9.17, 15) is 9.59 Å². The Balaban J connectivity index is 1.54. The lowest BCUT2D eigenvalue weighted by atomic mass is 10.0. The molecule has 0 fully saturated rings. The van der Waals surface area contributed by atoms with Crippen LogP contribution in [0.4, 0.5) is 5.69 Å². The Bertz CT molecular complexity index is 1160. The molecule has 2 aromatic carbocycles. The summed E-state index contributed by atoms with van der Waals surface area (Å²) < 4.78 is 16.0.